The molecule has 0 aliphatic carbocycles. The number of rotatable bonds is 5. The quantitative estimate of drug-likeness (QED) is 0.809. The Morgan fingerprint density at radius 1 is 1.03 bits per heavy atom. The summed E-state index contributed by atoms with van der Waals surface area (Å²) in [6.07, 6.45) is 0.152. The van der Waals surface area contributed by atoms with E-state index in [4.69, 9.17) is 0 Å². The van der Waals surface area contributed by atoms with Crippen molar-refractivity contribution in [3.8, 4) is 0 Å². The highest BCUT2D eigenvalue weighted by atomic mass is 19.1. The van der Waals surface area contributed by atoms with Crippen LogP contribution in [0, 0.1) is 18.6 Å². The van der Waals surface area contributed by atoms with Gasteiger partial charge in [0.2, 0.25) is 11.8 Å². The van der Waals surface area contributed by atoms with Crippen molar-refractivity contribution in [2.24, 2.45) is 5.10 Å². The van der Waals surface area contributed by atoms with Crippen LogP contribution in [0.4, 0.5) is 20.2 Å². The summed E-state index contributed by atoms with van der Waals surface area (Å²) < 4.78 is 26.1. The molecule has 0 unspecified atom stereocenters. The highest BCUT2D eigenvalue weighted by Crippen LogP contribution is 2.17. The molecule has 0 radical (unpaired) electrons. The molecule has 0 saturated heterocycles. The van der Waals surface area contributed by atoms with E-state index in [1.54, 1.807) is 6.92 Å². The summed E-state index contributed by atoms with van der Waals surface area (Å²) in [7, 11) is 0. The Morgan fingerprint density at radius 3 is 2.41 bits per heavy atom. The number of halogens is 2. The Labute approximate surface area is 165 Å². The van der Waals surface area contributed by atoms with Crippen LogP contribution < -0.4 is 10.6 Å². The fourth-order valence-corrected chi connectivity index (χ4v) is 2.72. The fourth-order valence-electron chi connectivity index (χ4n) is 2.72. The van der Waals surface area contributed by atoms with Gasteiger partial charge in [-0.3, -0.25) is 14.4 Å². The fraction of sp³-hybridized carbons (Fsp3) is 0.200. The summed E-state index contributed by atoms with van der Waals surface area (Å²) in [5.41, 5.74) is 1.41. The zero-order valence-electron chi connectivity index (χ0n) is 15.5. The first-order chi connectivity index (χ1) is 13.8. The molecule has 2 N–H and O–H groups in total. The van der Waals surface area contributed by atoms with E-state index < -0.39 is 29.4 Å². The van der Waals surface area contributed by atoms with E-state index in [2.05, 4.69) is 15.7 Å². The van der Waals surface area contributed by atoms with Crippen molar-refractivity contribution in [3.63, 3.8) is 0 Å². The van der Waals surface area contributed by atoms with Gasteiger partial charge < -0.3 is 10.6 Å². The summed E-state index contributed by atoms with van der Waals surface area (Å²) in [4.78, 5) is 36.7. The molecular weight excluding hydrogens is 382 g/mol. The smallest absolute Gasteiger partial charge is 0.271 e. The molecule has 0 spiro atoms. The van der Waals surface area contributed by atoms with E-state index in [0.717, 1.165) is 5.01 Å². The third-order valence-electron chi connectivity index (χ3n) is 4.23. The van der Waals surface area contributed by atoms with E-state index in [1.807, 2.05) is 0 Å². The van der Waals surface area contributed by atoms with E-state index >= 15 is 0 Å². The molecule has 0 aromatic heterocycles. The van der Waals surface area contributed by atoms with Crippen LogP contribution in [-0.2, 0) is 14.4 Å². The maximum Gasteiger partial charge on any atom is 0.271 e. The number of hydrazone groups is 1. The molecule has 150 valence electrons. The molecule has 1 heterocycles. The first kappa shape index (κ1) is 20.1. The van der Waals surface area contributed by atoms with E-state index in [-0.39, 0.29) is 25.1 Å². The Hall–Kier alpha value is -3.62. The van der Waals surface area contributed by atoms with Crippen molar-refractivity contribution >= 4 is 34.8 Å². The molecule has 1 aliphatic rings. The van der Waals surface area contributed by atoms with E-state index in [9.17, 15) is 23.2 Å². The second kappa shape index (κ2) is 8.59. The topological polar surface area (TPSA) is 90.9 Å². The Balaban J connectivity index is 1.66. The molecule has 0 saturated carbocycles. The van der Waals surface area contributed by atoms with Crippen molar-refractivity contribution in [1.82, 2.24) is 5.01 Å². The third-order valence-corrected chi connectivity index (χ3v) is 4.23. The SMILES string of the molecule is Cc1cc(F)ccc1NC(=O)CN1N=C(C(=O)Nc2ccc(F)cc2)CCC1=O. The molecule has 0 atom stereocenters. The second-order valence-electron chi connectivity index (χ2n) is 6.47. The molecule has 2 aromatic rings. The van der Waals surface area contributed by atoms with Crippen molar-refractivity contribution in [1.29, 1.82) is 0 Å². The predicted molar refractivity (Wildman–Crippen MR) is 103 cm³/mol. The van der Waals surface area contributed by atoms with Crippen LogP contribution in [0.1, 0.15) is 18.4 Å². The summed E-state index contributed by atoms with van der Waals surface area (Å²) in [6.45, 7) is 1.25. The molecule has 3 amide bonds. The van der Waals surface area contributed by atoms with Gasteiger partial charge in [0.25, 0.3) is 5.91 Å². The van der Waals surface area contributed by atoms with Gasteiger partial charge in [0.15, 0.2) is 0 Å². The molecule has 0 fully saturated rings. The number of nitrogens with one attached hydrogen (secondary N) is 2. The standard InChI is InChI=1S/C20H18F2N4O3/c1-12-10-14(22)4-7-16(12)24-18(27)11-26-19(28)9-8-17(25-26)20(29)23-15-5-2-13(21)3-6-15/h2-7,10H,8-9,11H2,1H3,(H,23,29)(H,24,27). The number of benzene rings is 2. The minimum absolute atomic E-state index is 0.0263. The predicted octanol–water partition coefficient (Wildman–Crippen LogP) is 2.83. The Bertz CT molecular complexity index is 990. The van der Waals surface area contributed by atoms with Gasteiger partial charge in [-0.15, -0.1) is 0 Å². The zero-order valence-corrected chi connectivity index (χ0v) is 15.5. The third kappa shape index (κ3) is 5.22. The average molecular weight is 400 g/mol. The molecule has 0 bridgehead atoms. The van der Waals surface area contributed by atoms with Gasteiger partial charge in [-0.2, -0.15) is 5.10 Å². The molecule has 29 heavy (non-hydrogen) atoms. The largest absolute Gasteiger partial charge is 0.324 e. The van der Waals surface area contributed by atoms with Crippen LogP contribution in [0.2, 0.25) is 0 Å². The van der Waals surface area contributed by atoms with Gasteiger partial charge in [0.05, 0.1) is 0 Å². The number of aryl methyl sites for hydroxylation is 1. The number of hydrogen-bond acceptors (Lipinski definition) is 4. The number of nitrogens with zero attached hydrogens (tertiary/aromatic N) is 2. The molecule has 1 aliphatic heterocycles. The average Bonchev–Trinajstić information content (AvgIpc) is 2.67. The number of hydrogen-bond donors (Lipinski definition) is 2. The van der Waals surface area contributed by atoms with Crippen molar-refractivity contribution < 1.29 is 23.2 Å². The monoisotopic (exact) mass is 400 g/mol. The lowest BCUT2D eigenvalue weighted by atomic mass is 10.1. The maximum absolute atomic E-state index is 13.2. The first-order valence-corrected chi connectivity index (χ1v) is 8.82. The highest BCUT2D eigenvalue weighted by Gasteiger charge is 2.26. The van der Waals surface area contributed by atoms with Crippen LogP contribution in [0.3, 0.4) is 0 Å². The van der Waals surface area contributed by atoms with Crippen molar-refractivity contribution in [2.45, 2.75) is 19.8 Å². The van der Waals surface area contributed by atoms with Gasteiger partial charge >= 0.3 is 0 Å². The molecule has 9 heteroatoms. The maximum atomic E-state index is 13.2. The van der Waals surface area contributed by atoms with Gasteiger partial charge in [-0.1, -0.05) is 0 Å². The van der Waals surface area contributed by atoms with E-state index in [1.165, 1.54) is 42.5 Å². The van der Waals surface area contributed by atoms with E-state index in [0.29, 0.717) is 16.9 Å². The number of carbonyl (C=O) groups is 3. The second-order valence-corrected chi connectivity index (χ2v) is 6.47. The summed E-state index contributed by atoms with van der Waals surface area (Å²) in [5, 5.41) is 10.1. The van der Waals surface area contributed by atoms with Crippen LogP contribution in [0.25, 0.3) is 0 Å². The van der Waals surface area contributed by atoms with Gasteiger partial charge in [0.1, 0.15) is 23.9 Å². The lowest BCUT2D eigenvalue weighted by Gasteiger charge is -2.22. The molecule has 3 rings (SSSR count). The lowest BCUT2D eigenvalue weighted by molar-refractivity contribution is -0.135. The Kier molecular flexibility index (Phi) is 5.96. The summed E-state index contributed by atoms with van der Waals surface area (Å²) >= 11 is 0. The lowest BCUT2D eigenvalue weighted by Crippen LogP contribution is -2.40. The normalized spacial score (nSPS) is 13.7. The van der Waals surface area contributed by atoms with Crippen LogP contribution in [0.5, 0.6) is 0 Å². The highest BCUT2D eigenvalue weighted by molar-refractivity contribution is 6.43. The molecular formula is C20H18F2N4O3. The minimum atomic E-state index is -0.538. The molecule has 2 aromatic carbocycles. The number of carbonyl (C=O) groups excluding carboxylic acids is 3. The van der Waals surface area contributed by atoms with Gasteiger partial charge in [0, 0.05) is 24.2 Å². The van der Waals surface area contributed by atoms with Crippen molar-refractivity contribution in [3.05, 3.63) is 59.7 Å². The van der Waals surface area contributed by atoms with Gasteiger partial charge in [-0.05, 0) is 55.0 Å². The van der Waals surface area contributed by atoms with Crippen LogP contribution in [0.15, 0.2) is 47.6 Å². The van der Waals surface area contributed by atoms with Crippen molar-refractivity contribution in [2.75, 3.05) is 17.2 Å². The first-order valence-electron chi connectivity index (χ1n) is 8.82. The van der Waals surface area contributed by atoms with Crippen LogP contribution >= 0.6 is 0 Å². The number of anilines is 2. The zero-order chi connectivity index (χ0) is 21.0. The molecule has 7 nitrogen and oxygen atoms in total. The minimum Gasteiger partial charge on any atom is -0.324 e. The van der Waals surface area contributed by atoms with Crippen LogP contribution in [-0.4, -0.2) is 35.0 Å². The summed E-state index contributed by atoms with van der Waals surface area (Å²) in [6, 6.07) is 9.12. The number of amides is 3. The summed E-state index contributed by atoms with van der Waals surface area (Å²) in [5.74, 6) is -2.32. The Morgan fingerprint density at radius 2 is 1.72 bits per heavy atom. The van der Waals surface area contributed by atoms with Gasteiger partial charge in [-0.25, -0.2) is 13.8 Å².